The number of amides is 1. The summed E-state index contributed by atoms with van der Waals surface area (Å²) in [5, 5.41) is 15.0. The number of benzene rings is 3. The first-order valence-electron chi connectivity index (χ1n) is 9.94. The van der Waals surface area contributed by atoms with E-state index in [-0.39, 0.29) is 18.3 Å². The van der Waals surface area contributed by atoms with Crippen molar-refractivity contribution >= 4 is 28.4 Å². The Morgan fingerprint density at radius 2 is 1.81 bits per heavy atom. The largest absolute Gasteiger partial charge is 0.505 e. The molecule has 3 aromatic carbocycles. The van der Waals surface area contributed by atoms with Crippen LogP contribution in [0.2, 0.25) is 5.02 Å². The minimum Gasteiger partial charge on any atom is -0.505 e. The van der Waals surface area contributed by atoms with Crippen LogP contribution in [0, 0.1) is 0 Å². The molecular formula is C25H21ClN2O4. The molecule has 6 nitrogen and oxygen atoms in total. The van der Waals surface area contributed by atoms with Gasteiger partial charge in [-0.05, 0) is 36.4 Å². The van der Waals surface area contributed by atoms with E-state index < -0.39 is 6.04 Å². The Kier molecular flexibility index (Phi) is 6.42. The van der Waals surface area contributed by atoms with Crippen LogP contribution in [0.1, 0.15) is 17.2 Å². The number of ether oxygens (including phenoxy) is 2. The third-order valence-electron chi connectivity index (χ3n) is 5.02. The lowest BCUT2D eigenvalue weighted by Gasteiger charge is -2.23. The Morgan fingerprint density at radius 1 is 1.06 bits per heavy atom. The van der Waals surface area contributed by atoms with Gasteiger partial charge in [0.1, 0.15) is 22.8 Å². The Hall–Kier alpha value is -3.77. The summed E-state index contributed by atoms with van der Waals surface area (Å²) in [6, 6.07) is 20.7. The standard InChI is InChI=1S/C25H21ClN2O4/c1-31-21-12-6-5-10-18(21)23(28-22(29)15-32-16-8-3-2-4-9-16)19-14-20(26)17-11-7-13-27-24(17)25(19)30/h2-14,23,30H,15H2,1H3,(H,28,29). The van der Waals surface area contributed by atoms with Crippen LogP contribution in [0.15, 0.2) is 79.0 Å². The second kappa shape index (κ2) is 9.58. The van der Waals surface area contributed by atoms with Gasteiger partial charge in [0.05, 0.1) is 18.2 Å². The zero-order chi connectivity index (χ0) is 22.5. The van der Waals surface area contributed by atoms with Gasteiger partial charge in [0.15, 0.2) is 6.61 Å². The molecule has 0 spiro atoms. The summed E-state index contributed by atoms with van der Waals surface area (Å²) < 4.78 is 11.1. The lowest BCUT2D eigenvalue weighted by molar-refractivity contribution is -0.123. The number of aromatic hydroxyl groups is 1. The van der Waals surface area contributed by atoms with Gasteiger partial charge in [-0.1, -0.05) is 48.0 Å². The lowest BCUT2D eigenvalue weighted by Crippen LogP contribution is -2.33. The van der Waals surface area contributed by atoms with Gasteiger partial charge in [-0.2, -0.15) is 0 Å². The summed E-state index contributed by atoms with van der Waals surface area (Å²) >= 11 is 6.50. The summed E-state index contributed by atoms with van der Waals surface area (Å²) in [4.78, 5) is 17.1. The highest BCUT2D eigenvalue weighted by Crippen LogP contribution is 2.40. The van der Waals surface area contributed by atoms with Crippen molar-refractivity contribution < 1.29 is 19.4 Å². The van der Waals surface area contributed by atoms with Crippen LogP contribution in [-0.2, 0) is 4.79 Å². The van der Waals surface area contributed by atoms with E-state index in [1.165, 1.54) is 0 Å². The molecule has 1 amide bonds. The number of nitrogens with zero attached hydrogens (tertiary/aromatic N) is 1. The van der Waals surface area contributed by atoms with Gasteiger partial charge in [0, 0.05) is 22.7 Å². The molecule has 4 rings (SSSR count). The molecule has 32 heavy (non-hydrogen) atoms. The molecule has 0 aliphatic carbocycles. The third kappa shape index (κ3) is 4.45. The smallest absolute Gasteiger partial charge is 0.258 e. The molecule has 162 valence electrons. The highest BCUT2D eigenvalue weighted by Gasteiger charge is 2.25. The molecule has 0 saturated heterocycles. The van der Waals surface area contributed by atoms with Gasteiger partial charge in [-0.3, -0.25) is 9.78 Å². The second-order valence-corrected chi connectivity index (χ2v) is 7.45. The third-order valence-corrected chi connectivity index (χ3v) is 5.34. The number of halogens is 1. The molecule has 1 heterocycles. The van der Waals surface area contributed by atoms with Crippen LogP contribution in [-0.4, -0.2) is 29.7 Å². The molecule has 0 radical (unpaired) electrons. The van der Waals surface area contributed by atoms with Crippen LogP contribution in [0.5, 0.6) is 17.2 Å². The summed E-state index contributed by atoms with van der Waals surface area (Å²) in [6.45, 7) is -0.198. The number of hydrogen-bond donors (Lipinski definition) is 2. The molecular weight excluding hydrogens is 428 g/mol. The Labute approximate surface area is 190 Å². The predicted octanol–water partition coefficient (Wildman–Crippen LogP) is 4.89. The van der Waals surface area contributed by atoms with E-state index in [0.717, 1.165) is 0 Å². The Balaban J connectivity index is 1.73. The van der Waals surface area contributed by atoms with Gasteiger partial charge in [-0.25, -0.2) is 0 Å². The molecule has 4 aromatic rings. The summed E-state index contributed by atoms with van der Waals surface area (Å²) in [7, 11) is 1.55. The Morgan fingerprint density at radius 3 is 2.59 bits per heavy atom. The monoisotopic (exact) mass is 448 g/mol. The fraction of sp³-hybridized carbons (Fsp3) is 0.120. The zero-order valence-electron chi connectivity index (χ0n) is 17.3. The molecule has 0 fully saturated rings. The summed E-state index contributed by atoms with van der Waals surface area (Å²) in [5.74, 6) is 0.697. The van der Waals surface area contributed by atoms with Crippen LogP contribution >= 0.6 is 11.6 Å². The fourth-order valence-corrected chi connectivity index (χ4v) is 3.79. The topological polar surface area (TPSA) is 80.7 Å². The number of carbonyl (C=O) groups excluding carboxylic acids is 1. The van der Waals surface area contributed by atoms with Gasteiger partial charge in [-0.15, -0.1) is 0 Å². The van der Waals surface area contributed by atoms with Crippen LogP contribution in [0.3, 0.4) is 0 Å². The normalized spacial score (nSPS) is 11.7. The van der Waals surface area contributed by atoms with E-state index in [1.54, 1.807) is 49.7 Å². The average Bonchev–Trinajstić information content (AvgIpc) is 2.84. The van der Waals surface area contributed by atoms with Crippen molar-refractivity contribution in [1.82, 2.24) is 10.3 Å². The van der Waals surface area contributed by atoms with Gasteiger partial charge >= 0.3 is 0 Å². The highest BCUT2D eigenvalue weighted by molar-refractivity contribution is 6.35. The lowest BCUT2D eigenvalue weighted by atomic mass is 9.95. The Bertz CT molecular complexity index is 1250. The number of hydrogen-bond acceptors (Lipinski definition) is 5. The second-order valence-electron chi connectivity index (χ2n) is 7.04. The molecule has 0 saturated carbocycles. The molecule has 1 aromatic heterocycles. The van der Waals surface area contributed by atoms with Crippen molar-refractivity contribution in [1.29, 1.82) is 0 Å². The molecule has 1 atom stereocenters. The first-order chi connectivity index (χ1) is 15.6. The highest BCUT2D eigenvalue weighted by atomic mass is 35.5. The van der Waals surface area contributed by atoms with E-state index in [4.69, 9.17) is 21.1 Å². The van der Waals surface area contributed by atoms with Crippen molar-refractivity contribution in [2.75, 3.05) is 13.7 Å². The minimum atomic E-state index is -0.748. The maximum absolute atomic E-state index is 12.8. The number of fused-ring (bicyclic) bond motifs is 1. The van der Waals surface area contributed by atoms with Crippen molar-refractivity contribution in [2.45, 2.75) is 6.04 Å². The maximum Gasteiger partial charge on any atom is 0.258 e. The van der Waals surface area contributed by atoms with E-state index in [9.17, 15) is 9.90 Å². The van der Waals surface area contributed by atoms with Crippen LogP contribution in [0.25, 0.3) is 10.9 Å². The first-order valence-corrected chi connectivity index (χ1v) is 10.3. The number of aromatic nitrogens is 1. The van der Waals surface area contributed by atoms with Crippen molar-refractivity contribution in [2.24, 2.45) is 0 Å². The fourth-order valence-electron chi connectivity index (χ4n) is 3.52. The van der Waals surface area contributed by atoms with E-state index in [0.29, 0.717) is 38.6 Å². The molecule has 2 N–H and O–H groups in total. The zero-order valence-corrected chi connectivity index (χ0v) is 18.0. The van der Waals surface area contributed by atoms with Crippen LogP contribution < -0.4 is 14.8 Å². The van der Waals surface area contributed by atoms with Crippen molar-refractivity contribution in [3.05, 3.63) is 95.1 Å². The van der Waals surface area contributed by atoms with Crippen molar-refractivity contribution in [3.63, 3.8) is 0 Å². The van der Waals surface area contributed by atoms with Gasteiger partial charge in [0.2, 0.25) is 0 Å². The van der Waals surface area contributed by atoms with Crippen molar-refractivity contribution in [3.8, 4) is 17.2 Å². The number of pyridine rings is 1. The number of phenolic OH excluding ortho intramolecular Hbond substituents is 1. The van der Waals surface area contributed by atoms with Gasteiger partial charge in [0.25, 0.3) is 5.91 Å². The number of para-hydroxylation sites is 2. The predicted molar refractivity (Wildman–Crippen MR) is 123 cm³/mol. The van der Waals surface area contributed by atoms with E-state index >= 15 is 0 Å². The number of nitrogens with one attached hydrogen (secondary N) is 1. The molecule has 0 bridgehead atoms. The summed E-state index contributed by atoms with van der Waals surface area (Å²) in [6.07, 6.45) is 1.58. The summed E-state index contributed by atoms with van der Waals surface area (Å²) in [5.41, 5.74) is 1.41. The van der Waals surface area contributed by atoms with Crippen LogP contribution in [0.4, 0.5) is 0 Å². The van der Waals surface area contributed by atoms with E-state index in [2.05, 4.69) is 10.3 Å². The quantitative estimate of drug-likeness (QED) is 0.421. The molecule has 0 aliphatic heterocycles. The maximum atomic E-state index is 12.8. The molecule has 0 aliphatic rings. The van der Waals surface area contributed by atoms with Gasteiger partial charge < -0.3 is 19.9 Å². The number of phenols is 1. The van der Waals surface area contributed by atoms with E-state index in [1.807, 2.05) is 36.4 Å². The number of carbonyl (C=O) groups is 1. The molecule has 7 heteroatoms. The first kappa shape index (κ1) is 21.5. The average molecular weight is 449 g/mol. The SMILES string of the molecule is COc1ccccc1C(NC(=O)COc1ccccc1)c1cc(Cl)c2cccnc2c1O. The molecule has 1 unspecified atom stereocenters. The minimum absolute atomic E-state index is 0.0646. The number of rotatable bonds is 7. The number of methoxy groups -OCH3 is 1.